The first-order valence-electron chi connectivity index (χ1n) is 9.42. The minimum Gasteiger partial charge on any atom is -0.475 e. The Morgan fingerprint density at radius 3 is 2.36 bits per heavy atom. The van der Waals surface area contributed by atoms with E-state index in [1.807, 2.05) is 12.1 Å². The van der Waals surface area contributed by atoms with E-state index in [0.29, 0.717) is 43.2 Å². The summed E-state index contributed by atoms with van der Waals surface area (Å²) in [6.45, 7) is 6.11. The van der Waals surface area contributed by atoms with Crippen LogP contribution in [0.4, 0.5) is 5.69 Å². The van der Waals surface area contributed by atoms with Crippen molar-refractivity contribution in [3.63, 3.8) is 0 Å². The molecule has 3 N–H and O–H groups in total. The van der Waals surface area contributed by atoms with Crippen LogP contribution in [0.5, 0.6) is 0 Å². The Balaban J connectivity index is 1.90. The summed E-state index contributed by atoms with van der Waals surface area (Å²) in [5.74, 6) is -0.327. The topological polar surface area (TPSA) is 103 Å². The zero-order valence-corrected chi connectivity index (χ0v) is 16.5. The fourth-order valence-electron chi connectivity index (χ4n) is 2.89. The highest BCUT2D eigenvalue weighted by atomic mass is 16.4. The number of carboxylic acid groups (broad SMARTS) is 1. The number of aromatic carboxylic acids is 1. The number of aryl methyl sites for hydroxylation is 1. The lowest BCUT2D eigenvalue weighted by Gasteiger charge is -2.23. The highest BCUT2D eigenvalue weighted by molar-refractivity contribution is 5.90. The van der Waals surface area contributed by atoms with Crippen LogP contribution in [0.3, 0.4) is 0 Å². The molecular formula is C21H28N2O5. The van der Waals surface area contributed by atoms with Gasteiger partial charge in [-0.1, -0.05) is 26.0 Å². The van der Waals surface area contributed by atoms with Gasteiger partial charge in [-0.3, -0.25) is 4.79 Å². The summed E-state index contributed by atoms with van der Waals surface area (Å²) in [5.41, 5.74) is 4.60. The molecule has 7 heteroatoms. The third-order valence-corrected chi connectivity index (χ3v) is 4.29. The van der Waals surface area contributed by atoms with Crippen molar-refractivity contribution in [1.29, 1.82) is 0 Å². The van der Waals surface area contributed by atoms with Crippen molar-refractivity contribution in [2.24, 2.45) is 5.92 Å². The number of amides is 1. The van der Waals surface area contributed by atoms with Gasteiger partial charge in [0.25, 0.3) is 0 Å². The summed E-state index contributed by atoms with van der Waals surface area (Å²) in [4.78, 5) is 22.8. The average Bonchev–Trinajstić information content (AvgIpc) is 3.10. The molecule has 0 saturated carbocycles. The summed E-state index contributed by atoms with van der Waals surface area (Å²) in [7, 11) is 0. The molecule has 2 rings (SSSR count). The van der Waals surface area contributed by atoms with Crippen molar-refractivity contribution in [2.75, 3.05) is 11.6 Å². The number of hydrogen-bond acceptors (Lipinski definition) is 5. The molecule has 1 unspecified atom stereocenters. The summed E-state index contributed by atoms with van der Waals surface area (Å²) in [5, 5.41) is 20.5. The van der Waals surface area contributed by atoms with Gasteiger partial charge < -0.3 is 14.6 Å². The molecule has 152 valence electrons. The number of aliphatic hydroxyl groups is 1. The molecule has 0 bridgehead atoms. The van der Waals surface area contributed by atoms with Crippen molar-refractivity contribution in [3.8, 4) is 0 Å². The van der Waals surface area contributed by atoms with Crippen molar-refractivity contribution >= 4 is 17.6 Å². The van der Waals surface area contributed by atoms with Gasteiger partial charge >= 0.3 is 5.97 Å². The molecule has 0 radical (unpaired) electrons. The molecule has 2 aromatic rings. The maximum Gasteiger partial charge on any atom is 0.371 e. The molecule has 0 saturated heterocycles. The second-order valence-electron chi connectivity index (χ2n) is 7.17. The third kappa shape index (κ3) is 6.21. The summed E-state index contributed by atoms with van der Waals surface area (Å²) < 4.78 is 5.22. The zero-order chi connectivity index (χ0) is 20.7. The van der Waals surface area contributed by atoms with E-state index in [1.54, 1.807) is 18.2 Å². The number of nitrogens with one attached hydrogen (secondary N) is 1. The van der Waals surface area contributed by atoms with E-state index in [0.717, 1.165) is 5.56 Å². The van der Waals surface area contributed by atoms with Crippen LogP contribution in [0.15, 0.2) is 40.8 Å². The summed E-state index contributed by atoms with van der Waals surface area (Å²) in [6, 6.07) is 10.3. The minimum atomic E-state index is -1.09. The molecule has 0 fully saturated rings. The number of anilines is 1. The van der Waals surface area contributed by atoms with Crippen LogP contribution in [0.25, 0.3) is 0 Å². The summed E-state index contributed by atoms with van der Waals surface area (Å²) >= 11 is 0. The summed E-state index contributed by atoms with van der Waals surface area (Å²) in [6.07, 6.45) is 1.40. The largest absolute Gasteiger partial charge is 0.475 e. The monoisotopic (exact) mass is 388 g/mol. The lowest BCUT2D eigenvalue weighted by atomic mass is 9.99. The second kappa shape index (κ2) is 10.1. The van der Waals surface area contributed by atoms with E-state index in [-0.39, 0.29) is 11.7 Å². The van der Waals surface area contributed by atoms with Crippen LogP contribution in [-0.4, -0.2) is 28.6 Å². The van der Waals surface area contributed by atoms with Gasteiger partial charge in [-0.2, -0.15) is 0 Å². The van der Waals surface area contributed by atoms with Crippen LogP contribution in [0, 0.1) is 5.92 Å². The van der Waals surface area contributed by atoms with Gasteiger partial charge in [0.2, 0.25) is 11.7 Å². The lowest BCUT2D eigenvalue weighted by molar-refractivity contribution is -0.117. The Labute approximate surface area is 164 Å². The zero-order valence-electron chi connectivity index (χ0n) is 16.5. The van der Waals surface area contributed by atoms with Gasteiger partial charge in [0.1, 0.15) is 5.76 Å². The lowest BCUT2D eigenvalue weighted by Crippen LogP contribution is -2.42. The van der Waals surface area contributed by atoms with E-state index in [4.69, 9.17) is 9.52 Å². The van der Waals surface area contributed by atoms with Crippen molar-refractivity contribution in [3.05, 3.63) is 53.5 Å². The Morgan fingerprint density at radius 2 is 1.82 bits per heavy atom. The smallest absolute Gasteiger partial charge is 0.371 e. The molecule has 0 aliphatic rings. The van der Waals surface area contributed by atoms with E-state index < -0.39 is 12.1 Å². The molecule has 1 aromatic heterocycles. The van der Waals surface area contributed by atoms with Crippen LogP contribution in [0.1, 0.15) is 61.6 Å². The first-order valence-corrected chi connectivity index (χ1v) is 9.42. The van der Waals surface area contributed by atoms with Crippen molar-refractivity contribution in [1.82, 2.24) is 5.43 Å². The number of hydrogen-bond donors (Lipinski definition) is 3. The van der Waals surface area contributed by atoms with Gasteiger partial charge in [-0.25, -0.2) is 15.2 Å². The fourth-order valence-corrected chi connectivity index (χ4v) is 2.89. The number of carbonyl (C=O) groups excluding carboxylic acids is 1. The Hall–Kier alpha value is -2.64. The SMILES string of the molecule is CC(=O)N(NCCCc1ccc(C(=O)O)o1)c1ccc(C(O)CC(C)C)cc1. The maximum absolute atomic E-state index is 12.0. The first-order chi connectivity index (χ1) is 13.3. The molecule has 1 aromatic carbocycles. The third-order valence-electron chi connectivity index (χ3n) is 4.29. The van der Waals surface area contributed by atoms with E-state index in [1.165, 1.54) is 18.0 Å². The fraction of sp³-hybridized carbons (Fsp3) is 0.429. The van der Waals surface area contributed by atoms with Gasteiger partial charge in [0.15, 0.2) is 0 Å². The molecule has 1 atom stereocenters. The predicted molar refractivity (Wildman–Crippen MR) is 106 cm³/mol. The number of carboxylic acids is 1. The number of nitrogens with zero attached hydrogens (tertiary/aromatic N) is 1. The maximum atomic E-state index is 12.0. The van der Waals surface area contributed by atoms with Gasteiger partial charge in [-0.05, 0) is 48.6 Å². The molecule has 28 heavy (non-hydrogen) atoms. The number of benzene rings is 1. The van der Waals surface area contributed by atoms with Crippen molar-refractivity contribution in [2.45, 2.75) is 46.1 Å². The van der Waals surface area contributed by atoms with Crippen LogP contribution < -0.4 is 10.4 Å². The van der Waals surface area contributed by atoms with Crippen LogP contribution >= 0.6 is 0 Å². The molecule has 0 aliphatic carbocycles. The highest BCUT2D eigenvalue weighted by Crippen LogP contribution is 2.23. The van der Waals surface area contributed by atoms with Crippen LogP contribution in [0.2, 0.25) is 0 Å². The van der Waals surface area contributed by atoms with Gasteiger partial charge in [0.05, 0.1) is 11.8 Å². The van der Waals surface area contributed by atoms with Gasteiger partial charge in [-0.15, -0.1) is 0 Å². The number of carbonyl (C=O) groups is 2. The standard InChI is InChI=1S/C21H28N2O5/c1-14(2)13-19(25)16-6-8-17(9-7-16)23(15(3)24)22-12-4-5-18-10-11-20(28-18)21(26)27/h6-11,14,19,22,25H,4-5,12-13H2,1-3H3,(H,26,27). The number of furan rings is 1. The average molecular weight is 388 g/mol. The normalized spacial score (nSPS) is 12.2. The quantitative estimate of drug-likeness (QED) is 0.425. The molecular weight excluding hydrogens is 360 g/mol. The van der Waals surface area contributed by atoms with E-state index in [2.05, 4.69) is 19.3 Å². The first kappa shape index (κ1) is 21.7. The highest BCUT2D eigenvalue weighted by Gasteiger charge is 2.14. The number of hydrazine groups is 1. The van der Waals surface area contributed by atoms with Crippen LogP contribution in [-0.2, 0) is 11.2 Å². The number of aliphatic hydroxyl groups excluding tert-OH is 1. The molecule has 0 aliphatic heterocycles. The van der Waals surface area contributed by atoms with Crippen molar-refractivity contribution < 1.29 is 24.2 Å². The molecule has 1 amide bonds. The van der Waals surface area contributed by atoms with Gasteiger partial charge in [0, 0.05) is 19.9 Å². The Morgan fingerprint density at radius 1 is 1.14 bits per heavy atom. The second-order valence-corrected chi connectivity index (χ2v) is 7.17. The molecule has 1 heterocycles. The molecule has 0 spiro atoms. The van der Waals surface area contributed by atoms with E-state index >= 15 is 0 Å². The Kier molecular flexibility index (Phi) is 7.78. The van der Waals surface area contributed by atoms with E-state index in [9.17, 15) is 14.7 Å². The molecule has 7 nitrogen and oxygen atoms in total. The number of rotatable bonds is 10. The Bertz CT molecular complexity index is 782. The predicted octanol–water partition coefficient (Wildman–Crippen LogP) is 3.55. The minimum absolute atomic E-state index is 0.0759.